The Kier molecular flexibility index (Phi) is 6.92. The Hall–Kier alpha value is -3.33. The Morgan fingerprint density at radius 3 is 2.68 bits per heavy atom. The molecule has 1 atom stereocenters. The van der Waals surface area contributed by atoms with E-state index in [0.29, 0.717) is 29.6 Å². The zero-order valence-electron chi connectivity index (χ0n) is 19.7. The number of thioether (sulfide) groups is 1. The van der Waals surface area contributed by atoms with E-state index in [1.165, 1.54) is 16.7 Å². The Bertz CT molecular complexity index is 1190. The standard InChI is InChI=1S/C25H28N4O4S/c1-25(2,3)33-21(30)15-29-18-11-7-5-9-16(18)13-14-20(23(29)31)34-24-26-22(27-28-24)17-10-6-8-12-19(17)32-4/h5-12,20H,13-15H2,1-4H3,(H,26,27,28). The van der Waals surface area contributed by atoms with Gasteiger partial charge in [0.05, 0.1) is 17.9 Å². The van der Waals surface area contributed by atoms with Gasteiger partial charge in [0.2, 0.25) is 11.1 Å². The van der Waals surface area contributed by atoms with E-state index >= 15 is 0 Å². The molecule has 0 bridgehead atoms. The number of H-pyrrole nitrogens is 1. The lowest BCUT2D eigenvalue weighted by molar-refractivity contribution is -0.153. The zero-order valence-corrected chi connectivity index (χ0v) is 20.5. The van der Waals surface area contributed by atoms with Crippen molar-refractivity contribution in [1.29, 1.82) is 0 Å². The van der Waals surface area contributed by atoms with Crippen molar-refractivity contribution < 1.29 is 19.1 Å². The molecule has 0 spiro atoms. The highest BCUT2D eigenvalue weighted by Crippen LogP contribution is 2.35. The summed E-state index contributed by atoms with van der Waals surface area (Å²) in [6.45, 7) is 5.28. The van der Waals surface area contributed by atoms with Crippen LogP contribution in [0.2, 0.25) is 0 Å². The minimum Gasteiger partial charge on any atom is -0.496 e. The van der Waals surface area contributed by atoms with Gasteiger partial charge < -0.3 is 9.47 Å². The van der Waals surface area contributed by atoms with Gasteiger partial charge in [0.15, 0.2) is 5.82 Å². The van der Waals surface area contributed by atoms with Crippen LogP contribution in [0.1, 0.15) is 32.8 Å². The molecule has 3 aromatic rings. The van der Waals surface area contributed by atoms with Gasteiger partial charge in [-0.15, -0.1) is 5.10 Å². The predicted molar refractivity (Wildman–Crippen MR) is 131 cm³/mol. The molecule has 0 aliphatic carbocycles. The van der Waals surface area contributed by atoms with Crippen molar-refractivity contribution in [3.63, 3.8) is 0 Å². The number of fused-ring (bicyclic) bond motifs is 1. The predicted octanol–water partition coefficient (Wildman–Crippen LogP) is 4.26. The van der Waals surface area contributed by atoms with Crippen molar-refractivity contribution in [2.24, 2.45) is 0 Å². The molecule has 1 aromatic heterocycles. The molecule has 9 heteroatoms. The van der Waals surface area contributed by atoms with E-state index in [-0.39, 0.29) is 12.5 Å². The van der Waals surface area contributed by atoms with Gasteiger partial charge in [0, 0.05) is 5.69 Å². The normalized spacial score (nSPS) is 16.1. The summed E-state index contributed by atoms with van der Waals surface area (Å²) >= 11 is 1.29. The van der Waals surface area contributed by atoms with Crippen LogP contribution in [0.3, 0.4) is 0 Å². The van der Waals surface area contributed by atoms with Gasteiger partial charge >= 0.3 is 5.97 Å². The molecular weight excluding hydrogens is 452 g/mol. The number of aromatic amines is 1. The number of methoxy groups -OCH3 is 1. The number of esters is 1. The second kappa shape index (κ2) is 9.89. The van der Waals surface area contributed by atoms with Crippen LogP contribution in [0.25, 0.3) is 11.4 Å². The van der Waals surface area contributed by atoms with Gasteiger partial charge in [-0.05, 0) is 57.4 Å². The number of para-hydroxylation sites is 2. The number of benzene rings is 2. The van der Waals surface area contributed by atoms with Crippen LogP contribution in [0.4, 0.5) is 5.69 Å². The van der Waals surface area contributed by atoms with E-state index in [1.54, 1.807) is 7.11 Å². The van der Waals surface area contributed by atoms with Gasteiger partial charge in [-0.2, -0.15) is 0 Å². The molecular formula is C25H28N4O4S. The average Bonchev–Trinajstić information content (AvgIpc) is 3.22. The molecule has 178 valence electrons. The summed E-state index contributed by atoms with van der Waals surface area (Å²) in [5.41, 5.74) is 1.92. The first-order valence-electron chi connectivity index (χ1n) is 11.1. The molecule has 1 N–H and O–H groups in total. The number of hydrogen-bond donors (Lipinski definition) is 1. The van der Waals surface area contributed by atoms with Crippen molar-refractivity contribution in [3.8, 4) is 17.1 Å². The van der Waals surface area contributed by atoms with Crippen LogP contribution in [0.15, 0.2) is 53.7 Å². The van der Waals surface area contributed by atoms with Crippen molar-refractivity contribution >= 4 is 29.3 Å². The molecule has 0 fully saturated rings. The molecule has 8 nitrogen and oxygen atoms in total. The molecule has 34 heavy (non-hydrogen) atoms. The highest BCUT2D eigenvalue weighted by molar-refractivity contribution is 8.00. The Morgan fingerprint density at radius 2 is 1.91 bits per heavy atom. The number of anilines is 1. The van der Waals surface area contributed by atoms with Crippen LogP contribution in [-0.4, -0.2) is 51.6 Å². The molecule has 0 saturated heterocycles. The molecule has 4 rings (SSSR count). The molecule has 1 aliphatic rings. The third-order valence-electron chi connectivity index (χ3n) is 5.28. The zero-order chi connectivity index (χ0) is 24.3. The number of ether oxygens (including phenoxy) is 2. The van der Waals surface area contributed by atoms with Crippen LogP contribution in [-0.2, 0) is 20.7 Å². The molecule has 0 radical (unpaired) electrons. The summed E-state index contributed by atoms with van der Waals surface area (Å²) in [7, 11) is 1.60. The second-order valence-electron chi connectivity index (χ2n) is 8.95. The maximum Gasteiger partial charge on any atom is 0.326 e. The van der Waals surface area contributed by atoms with Crippen LogP contribution >= 0.6 is 11.8 Å². The first-order chi connectivity index (χ1) is 16.2. The number of aromatic nitrogens is 3. The minimum absolute atomic E-state index is 0.148. The molecule has 1 aliphatic heterocycles. The van der Waals surface area contributed by atoms with E-state index < -0.39 is 16.8 Å². The number of rotatable bonds is 6. The minimum atomic E-state index is -0.631. The average molecular weight is 481 g/mol. The maximum atomic E-state index is 13.6. The summed E-state index contributed by atoms with van der Waals surface area (Å²) in [4.78, 5) is 32.3. The van der Waals surface area contributed by atoms with Crippen LogP contribution in [0, 0.1) is 0 Å². The third kappa shape index (κ3) is 5.41. The molecule has 2 aromatic carbocycles. The smallest absolute Gasteiger partial charge is 0.326 e. The third-order valence-corrected chi connectivity index (χ3v) is 6.40. The summed E-state index contributed by atoms with van der Waals surface area (Å²) < 4.78 is 10.9. The van der Waals surface area contributed by atoms with Gasteiger partial charge in [-0.1, -0.05) is 42.1 Å². The van der Waals surface area contributed by atoms with Crippen molar-refractivity contribution in [1.82, 2.24) is 15.2 Å². The van der Waals surface area contributed by atoms with Crippen molar-refractivity contribution in [3.05, 3.63) is 54.1 Å². The van der Waals surface area contributed by atoms with Gasteiger partial charge in [0.25, 0.3) is 0 Å². The molecule has 0 saturated carbocycles. The number of carbonyl (C=O) groups is 2. The fourth-order valence-electron chi connectivity index (χ4n) is 3.85. The summed E-state index contributed by atoms with van der Waals surface area (Å²) in [5, 5.41) is 7.27. The van der Waals surface area contributed by atoms with Crippen molar-refractivity contribution in [2.45, 2.75) is 49.6 Å². The fraction of sp³-hybridized carbons (Fsp3) is 0.360. The summed E-state index contributed by atoms with van der Waals surface area (Å²) in [6, 6.07) is 15.2. The number of amides is 1. The van der Waals surface area contributed by atoms with Crippen LogP contribution in [0.5, 0.6) is 5.75 Å². The van der Waals surface area contributed by atoms with E-state index in [1.807, 2.05) is 69.3 Å². The van der Waals surface area contributed by atoms with Crippen molar-refractivity contribution in [2.75, 3.05) is 18.6 Å². The van der Waals surface area contributed by atoms with E-state index in [2.05, 4.69) is 15.2 Å². The first kappa shape index (κ1) is 23.8. The number of hydrogen-bond acceptors (Lipinski definition) is 7. The number of nitrogens with one attached hydrogen (secondary N) is 1. The Morgan fingerprint density at radius 1 is 1.18 bits per heavy atom. The van der Waals surface area contributed by atoms with E-state index in [9.17, 15) is 9.59 Å². The van der Waals surface area contributed by atoms with Gasteiger partial charge in [-0.3, -0.25) is 19.6 Å². The lowest BCUT2D eigenvalue weighted by atomic mass is 10.1. The first-order valence-corrected chi connectivity index (χ1v) is 12.0. The highest BCUT2D eigenvalue weighted by atomic mass is 32.2. The Labute approximate surface area is 203 Å². The SMILES string of the molecule is COc1ccccc1-c1nc(SC2CCc3ccccc3N(CC(=O)OC(C)(C)C)C2=O)n[nH]1. The van der Waals surface area contributed by atoms with Crippen LogP contribution < -0.4 is 9.64 Å². The number of aryl methyl sites for hydroxylation is 1. The number of nitrogens with zero attached hydrogens (tertiary/aromatic N) is 3. The summed E-state index contributed by atoms with van der Waals surface area (Å²) in [6.07, 6.45) is 1.30. The quantitative estimate of drug-likeness (QED) is 0.527. The maximum absolute atomic E-state index is 13.6. The molecule has 1 unspecified atom stereocenters. The largest absolute Gasteiger partial charge is 0.496 e. The van der Waals surface area contributed by atoms with E-state index in [0.717, 1.165) is 16.8 Å². The summed E-state index contributed by atoms with van der Waals surface area (Å²) in [5.74, 6) is 0.636. The Balaban J connectivity index is 1.57. The van der Waals surface area contributed by atoms with Gasteiger partial charge in [-0.25, -0.2) is 4.98 Å². The highest BCUT2D eigenvalue weighted by Gasteiger charge is 2.34. The fourth-order valence-corrected chi connectivity index (χ4v) is 4.81. The van der Waals surface area contributed by atoms with Gasteiger partial charge in [0.1, 0.15) is 17.9 Å². The lowest BCUT2D eigenvalue weighted by Gasteiger charge is -2.26. The van der Waals surface area contributed by atoms with E-state index in [4.69, 9.17) is 9.47 Å². The molecule has 2 heterocycles. The number of carbonyl (C=O) groups excluding carboxylic acids is 2. The topological polar surface area (TPSA) is 97.4 Å². The lowest BCUT2D eigenvalue weighted by Crippen LogP contribution is -2.42. The molecule has 1 amide bonds. The monoisotopic (exact) mass is 480 g/mol. The second-order valence-corrected chi connectivity index (χ2v) is 10.1.